The van der Waals surface area contributed by atoms with E-state index in [4.69, 9.17) is 0 Å². The number of aromatic nitrogens is 1. The fraction of sp³-hybridized carbons (Fsp3) is 0.292. The third-order valence-corrected chi connectivity index (χ3v) is 6.36. The lowest BCUT2D eigenvalue weighted by molar-refractivity contribution is 0.0976. The summed E-state index contributed by atoms with van der Waals surface area (Å²) < 4.78 is 0. The van der Waals surface area contributed by atoms with Gasteiger partial charge >= 0.3 is 0 Å². The summed E-state index contributed by atoms with van der Waals surface area (Å²) in [5.41, 5.74) is 5.41. The van der Waals surface area contributed by atoms with Gasteiger partial charge in [-0.2, -0.15) is 5.10 Å². The average molecular weight is 467 g/mol. The first-order valence-corrected chi connectivity index (χ1v) is 11.7. The Morgan fingerprint density at radius 3 is 2.61 bits per heavy atom. The Bertz CT molecular complexity index is 1140. The number of aromatic hydroxyl groups is 3. The van der Waals surface area contributed by atoms with Crippen LogP contribution in [0.15, 0.2) is 46.9 Å². The van der Waals surface area contributed by atoms with Crippen LogP contribution in [0.5, 0.6) is 17.2 Å². The number of anilines is 1. The van der Waals surface area contributed by atoms with Crippen molar-refractivity contribution in [1.29, 1.82) is 0 Å². The highest BCUT2D eigenvalue weighted by molar-refractivity contribution is 7.14. The van der Waals surface area contributed by atoms with E-state index in [2.05, 4.69) is 20.4 Å². The van der Waals surface area contributed by atoms with Gasteiger partial charge in [-0.15, -0.1) is 11.3 Å². The minimum absolute atomic E-state index is 0.166. The van der Waals surface area contributed by atoms with Crippen molar-refractivity contribution in [2.75, 3.05) is 25.1 Å². The van der Waals surface area contributed by atoms with E-state index in [1.54, 1.807) is 0 Å². The molecule has 2 heterocycles. The molecule has 4 N–H and O–H groups in total. The van der Waals surface area contributed by atoms with Crippen molar-refractivity contribution in [2.24, 2.45) is 5.10 Å². The van der Waals surface area contributed by atoms with Crippen molar-refractivity contribution in [3.8, 4) is 28.5 Å². The number of hydrogen-bond acceptors (Lipinski definition) is 9. The van der Waals surface area contributed by atoms with Gasteiger partial charge in [-0.25, -0.2) is 4.98 Å². The number of carbonyl (C=O) groups excluding carboxylic acids is 1. The predicted molar refractivity (Wildman–Crippen MR) is 129 cm³/mol. The summed E-state index contributed by atoms with van der Waals surface area (Å²) in [6, 6.07) is 10.2. The van der Waals surface area contributed by atoms with Crippen LogP contribution in [0.1, 0.15) is 41.6 Å². The largest absolute Gasteiger partial charge is 0.504 e. The van der Waals surface area contributed by atoms with Crippen molar-refractivity contribution < 1.29 is 20.1 Å². The van der Waals surface area contributed by atoms with E-state index in [0.29, 0.717) is 11.6 Å². The summed E-state index contributed by atoms with van der Waals surface area (Å²) in [5.74, 6) is -1.29. The zero-order valence-electron chi connectivity index (χ0n) is 18.1. The lowest BCUT2D eigenvalue weighted by Crippen LogP contribution is -2.21. The molecular weight excluding hydrogens is 440 g/mol. The molecule has 3 aromatic rings. The number of benzene rings is 2. The van der Waals surface area contributed by atoms with Crippen LogP contribution in [0, 0.1) is 0 Å². The number of hydrazone groups is 1. The molecule has 0 radical (unpaired) electrons. The van der Waals surface area contributed by atoms with Crippen molar-refractivity contribution in [2.45, 2.75) is 25.7 Å². The summed E-state index contributed by atoms with van der Waals surface area (Å²) in [4.78, 5) is 19.4. The molecule has 8 nitrogen and oxygen atoms in total. The zero-order chi connectivity index (χ0) is 23.2. The van der Waals surface area contributed by atoms with Gasteiger partial charge < -0.3 is 20.2 Å². The molecular formula is C24H26N4O4S. The zero-order valence-corrected chi connectivity index (χ0v) is 18.9. The highest BCUT2D eigenvalue weighted by atomic mass is 32.1. The van der Waals surface area contributed by atoms with Crippen LogP contribution in [-0.2, 0) is 0 Å². The lowest BCUT2D eigenvalue weighted by Gasteiger charge is -2.13. The second-order valence-electron chi connectivity index (χ2n) is 7.93. The average Bonchev–Trinajstić information content (AvgIpc) is 3.52. The summed E-state index contributed by atoms with van der Waals surface area (Å²) in [5, 5.41) is 35.2. The van der Waals surface area contributed by atoms with Gasteiger partial charge in [0.05, 0.1) is 11.9 Å². The molecule has 4 rings (SSSR count). The number of Topliss-reactive ketones (excluding diaryl/α,β-unsaturated/α-hetero) is 1. The van der Waals surface area contributed by atoms with E-state index in [9.17, 15) is 20.1 Å². The number of carbonyl (C=O) groups is 1. The Hall–Kier alpha value is -3.43. The van der Waals surface area contributed by atoms with Crippen LogP contribution in [0.25, 0.3) is 11.3 Å². The minimum Gasteiger partial charge on any atom is -0.504 e. The minimum atomic E-state index is -0.594. The van der Waals surface area contributed by atoms with Crippen molar-refractivity contribution in [3.63, 3.8) is 0 Å². The summed E-state index contributed by atoms with van der Waals surface area (Å²) in [6.07, 6.45) is 5.31. The summed E-state index contributed by atoms with van der Waals surface area (Å²) in [7, 11) is 0. The number of nitrogens with one attached hydrogen (secondary N) is 1. The fourth-order valence-corrected chi connectivity index (χ4v) is 4.41. The second kappa shape index (κ2) is 10.5. The van der Waals surface area contributed by atoms with Gasteiger partial charge in [0.25, 0.3) is 0 Å². The Morgan fingerprint density at radius 1 is 1.09 bits per heavy atom. The first-order valence-electron chi connectivity index (χ1n) is 10.9. The van der Waals surface area contributed by atoms with Gasteiger partial charge in [0.2, 0.25) is 10.9 Å². The van der Waals surface area contributed by atoms with Gasteiger partial charge in [0.1, 0.15) is 0 Å². The molecule has 9 heteroatoms. The van der Waals surface area contributed by atoms with E-state index in [1.807, 2.05) is 29.6 Å². The molecule has 0 amide bonds. The van der Waals surface area contributed by atoms with E-state index in [-0.39, 0.29) is 11.3 Å². The molecule has 0 atom stereocenters. The number of phenols is 3. The normalized spacial score (nSPS) is 14.2. The van der Waals surface area contributed by atoms with Crippen LogP contribution in [0.3, 0.4) is 0 Å². The van der Waals surface area contributed by atoms with Crippen LogP contribution in [-0.4, -0.2) is 56.8 Å². The molecule has 172 valence electrons. The molecule has 2 aromatic carbocycles. The fourth-order valence-electron chi connectivity index (χ4n) is 3.74. The smallest absolute Gasteiger partial charge is 0.203 e. The molecule has 0 aliphatic carbocycles. The Morgan fingerprint density at radius 2 is 1.85 bits per heavy atom. The molecule has 33 heavy (non-hydrogen) atoms. The number of ketones is 1. The molecule has 1 aromatic heterocycles. The Kier molecular flexibility index (Phi) is 7.21. The number of hydrogen-bond donors (Lipinski definition) is 4. The van der Waals surface area contributed by atoms with E-state index >= 15 is 0 Å². The van der Waals surface area contributed by atoms with Gasteiger partial charge in [-0.1, -0.05) is 24.3 Å². The van der Waals surface area contributed by atoms with Crippen LogP contribution in [0.4, 0.5) is 5.13 Å². The first kappa shape index (κ1) is 22.8. The maximum Gasteiger partial charge on any atom is 0.203 e. The quantitative estimate of drug-likeness (QED) is 0.159. The Balaban J connectivity index is 1.31. The Labute approximate surface area is 195 Å². The third-order valence-electron chi connectivity index (χ3n) is 5.61. The third kappa shape index (κ3) is 5.68. The van der Waals surface area contributed by atoms with Crippen LogP contribution >= 0.6 is 11.3 Å². The standard InChI is InChI=1S/C24H26N4O4S/c29-20(4-3-13-28-11-1-2-12-28)17-7-5-16(6-8-17)19-15-33-24(26-19)27-25-14-18-9-10-21(30)23(32)22(18)31/h5-10,14-15,30-32H,1-4,11-13H2,(H,26,27)/b25-14+. The molecule has 0 bridgehead atoms. The van der Waals surface area contributed by atoms with Gasteiger partial charge in [-0.3, -0.25) is 10.2 Å². The second-order valence-corrected chi connectivity index (χ2v) is 8.79. The van der Waals surface area contributed by atoms with Crippen molar-refractivity contribution in [3.05, 3.63) is 52.9 Å². The first-order chi connectivity index (χ1) is 16.0. The predicted octanol–water partition coefficient (Wildman–Crippen LogP) is 4.43. The topological polar surface area (TPSA) is 118 Å². The maximum absolute atomic E-state index is 12.5. The maximum atomic E-state index is 12.5. The molecule has 0 unspecified atom stereocenters. The molecule has 0 saturated carbocycles. The van der Waals surface area contributed by atoms with Crippen LogP contribution in [0.2, 0.25) is 0 Å². The number of nitrogens with zero attached hydrogens (tertiary/aromatic N) is 3. The highest BCUT2D eigenvalue weighted by Crippen LogP contribution is 2.36. The number of rotatable bonds is 9. The summed E-state index contributed by atoms with van der Waals surface area (Å²) in [6.45, 7) is 3.30. The molecule has 1 fully saturated rings. The summed E-state index contributed by atoms with van der Waals surface area (Å²) >= 11 is 1.36. The van der Waals surface area contributed by atoms with Crippen molar-refractivity contribution in [1.82, 2.24) is 9.88 Å². The van der Waals surface area contributed by atoms with Gasteiger partial charge in [-0.05, 0) is 51.0 Å². The van der Waals surface area contributed by atoms with Crippen LogP contribution < -0.4 is 5.43 Å². The van der Waals surface area contributed by atoms with E-state index < -0.39 is 17.2 Å². The highest BCUT2D eigenvalue weighted by Gasteiger charge is 2.13. The van der Waals surface area contributed by atoms with E-state index in [0.717, 1.165) is 42.9 Å². The van der Waals surface area contributed by atoms with Gasteiger partial charge in [0.15, 0.2) is 17.3 Å². The molecule has 1 aliphatic heterocycles. The van der Waals surface area contributed by atoms with E-state index in [1.165, 1.54) is 42.5 Å². The molecule has 1 aliphatic rings. The monoisotopic (exact) mass is 466 g/mol. The SMILES string of the molecule is O=C(CCCN1CCCC1)c1ccc(-c2csc(N/N=C/c3ccc(O)c(O)c3O)n2)cc1. The number of thiazole rings is 1. The van der Waals surface area contributed by atoms with Gasteiger partial charge in [0, 0.05) is 28.5 Å². The number of likely N-dealkylation sites (tertiary alicyclic amines) is 1. The number of phenolic OH excluding ortho intramolecular Hbond substituents is 3. The van der Waals surface area contributed by atoms with Crippen molar-refractivity contribution >= 4 is 28.5 Å². The molecule has 1 saturated heterocycles. The lowest BCUT2D eigenvalue weighted by atomic mass is 10.0. The molecule has 0 spiro atoms.